The number of unbranched alkanes of at least 4 members (excludes halogenated alkanes) is 9. The highest BCUT2D eigenvalue weighted by atomic mass is 32.3. The second-order valence-corrected chi connectivity index (χ2v) is 7.22. The van der Waals surface area contributed by atoms with Crippen LogP contribution in [-0.4, -0.2) is 46.9 Å². The molecule has 0 bridgehead atoms. The quantitative estimate of drug-likeness (QED) is 0.173. The van der Waals surface area contributed by atoms with Gasteiger partial charge in [-0.1, -0.05) is 71.6 Å². The number of aliphatic hydroxyl groups is 3. The van der Waals surface area contributed by atoms with Crippen molar-refractivity contribution in [3.63, 3.8) is 0 Å². The summed E-state index contributed by atoms with van der Waals surface area (Å²) in [5.74, 6) is -2.71. The lowest BCUT2D eigenvalue weighted by Gasteiger charge is -2.19. The van der Waals surface area contributed by atoms with Gasteiger partial charge in [-0.15, -0.1) is 0 Å². The molecule has 0 spiro atoms. The number of nitrogens with two attached hydrogens (primary N) is 1. The van der Waals surface area contributed by atoms with E-state index in [0.717, 1.165) is 12.8 Å². The van der Waals surface area contributed by atoms with Crippen LogP contribution >= 0.6 is 0 Å². The van der Waals surface area contributed by atoms with Crippen molar-refractivity contribution in [1.82, 2.24) is 0 Å². The maximum absolute atomic E-state index is 10.2. The van der Waals surface area contributed by atoms with Crippen LogP contribution < -0.4 is 5.73 Å². The predicted octanol–water partition coefficient (Wildman–Crippen LogP) is 2.08. The first kappa shape index (κ1) is 26.9. The molecule has 0 saturated carbocycles. The molecule has 0 heterocycles. The van der Waals surface area contributed by atoms with Crippen LogP contribution in [0, 0.1) is 0 Å². The highest BCUT2D eigenvalue weighted by molar-refractivity contribution is 7.80. The van der Waals surface area contributed by atoms with Crippen molar-refractivity contribution in [3.05, 3.63) is 0 Å². The molecule has 0 amide bonds. The molecule has 25 heavy (non-hydrogen) atoms. The molecule has 0 aromatic rings. The van der Waals surface area contributed by atoms with E-state index in [0.29, 0.717) is 12.8 Å². The van der Waals surface area contributed by atoms with E-state index in [-0.39, 0.29) is 6.61 Å². The van der Waals surface area contributed by atoms with Gasteiger partial charge in [0.05, 0.1) is 12.6 Å². The average Bonchev–Trinajstić information content (AvgIpc) is 2.50. The Morgan fingerprint density at radius 1 is 0.880 bits per heavy atom. The molecule has 0 aliphatic rings. The molecule has 0 aromatic heterocycles. The first-order valence-corrected chi connectivity index (χ1v) is 10.5. The molecule has 9 heteroatoms. The summed E-state index contributed by atoms with van der Waals surface area (Å²) in [6.07, 6.45) is 12.2. The Hall–Kier alpha value is -0.290. The Morgan fingerprint density at radius 2 is 1.28 bits per heavy atom. The molecule has 0 saturated heterocycles. The van der Waals surface area contributed by atoms with Gasteiger partial charge in [0.15, 0.2) is 0 Å². The maximum atomic E-state index is 10.2. The third-order valence-electron chi connectivity index (χ3n) is 3.67. The molecule has 0 aromatic carbocycles. The topological polar surface area (TPSA) is 150 Å². The van der Waals surface area contributed by atoms with E-state index in [2.05, 4.69) is 11.1 Å². The number of rotatable bonds is 14. The lowest BCUT2D eigenvalue weighted by atomic mass is 10.1. The van der Waals surface area contributed by atoms with Gasteiger partial charge in [-0.2, -0.15) is 8.42 Å². The lowest BCUT2D eigenvalue weighted by molar-refractivity contribution is -0.322. The van der Waals surface area contributed by atoms with Crippen molar-refractivity contribution in [2.75, 3.05) is 6.61 Å². The summed E-state index contributed by atoms with van der Waals surface area (Å²) in [5.41, 5.74) is 5.00. The highest BCUT2D eigenvalue weighted by Crippen LogP contribution is 2.10. The fraction of sp³-hybridized carbons (Fsp3) is 1.00. The normalized spacial score (nSPS) is 13.2. The van der Waals surface area contributed by atoms with Crippen LogP contribution in [0.4, 0.5) is 0 Å². The standard InChI is InChI=1S/C12H26O4S.C4H11NO3/c1-2-3-4-5-6-7-8-9-10-11-12-16-17(13,14)15;1-2-3(5)4(6,7)8/h2-12H2,1H3,(H,13,14,15);3,6-8H,2,5H2,1H3. The molecule has 1 unspecified atom stereocenters. The predicted molar refractivity (Wildman–Crippen MR) is 97.0 cm³/mol. The molecular weight excluding hydrogens is 350 g/mol. The molecule has 154 valence electrons. The van der Waals surface area contributed by atoms with Crippen LogP contribution in [-0.2, 0) is 14.6 Å². The van der Waals surface area contributed by atoms with E-state index in [1.54, 1.807) is 6.92 Å². The monoisotopic (exact) mass is 387 g/mol. The Balaban J connectivity index is 0. The van der Waals surface area contributed by atoms with Gasteiger partial charge in [-0.3, -0.25) is 4.55 Å². The largest absolute Gasteiger partial charge is 0.397 e. The molecule has 0 aliphatic heterocycles. The molecule has 0 radical (unpaired) electrons. The second-order valence-electron chi connectivity index (χ2n) is 6.13. The second kappa shape index (κ2) is 15.9. The average molecular weight is 388 g/mol. The van der Waals surface area contributed by atoms with Crippen LogP contribution in [0.5, 0.6) is 0 Å². The van der Waals surface area contributed by atoms with E-state index < -0.39 is 22.4 Å². The smallest absolute Gasteiger partial charge is 0.342 e. The Kier molecular flexibility index (Phi) is 17.2. The van der Waals surface area contributed by atoms with E-state index in [4.69, 9.17) is 25.6 Å². The zero-order chi connectivity index (χ0) is 19.8. The van der Waals surface area contributed by atoms with Gasteiger partial charge >= 0.3 is 10.4 Å². The van der Waals surface area contributed by atoms with Gasteiger partial charge in [-0.25, -0.2) is 4.18 Å². The van der Waals surface area contributed by atoms with Gasteiger partial charge in [0, 0.05) is 0 Å². The number of hydrogen-bond acceptors (Lipinski definition) is 7. The molecule has 0 fully saturated rings. The van der Waals surface area contributed by atoms with Gasteiger partial charge < -0.3 is 21.1 Å². The van der Waals surface area contributed by atoms with Crippen molar-refractivity contribution in [2.45, 2.75) is 96.5 Å². The summed E-state index contributed by atoms with van der Waals surface area (Å²) in [6, 6.07) is -0.984. The minimum atomic E-state index is -4.23. The summed E-state index contributed by atoms with van der Waals surface area (Å²) in [7, 11) is -4.23. The zero-order valence-electron chi connectivity index (χ0n) is 15.6. The third-order valence-corrected chi connectivity index (χ3v) is 4.13. The summed E-state index contributed by atoms with van der Waals surface area (Å²) < 4.78 is 33.0. The maximum Gasteiger partial charge on any atom is 0.397 e. The molecule has 1 atom stereocenters. The van der Waals surface area contributed by atoms with Gasteiger partial charge in [0.25, 0.3) is 5.97 Å². The van der Waals surface area contributed by atoms with Crippen LogP contribution in [0.15, 0.2) is 0 Å². The Morgan fingerprint density at radius 3 is 1.56 bits per heavy atom. The summed E-state index contributed by atoms with van der Waals surface area (Å²) >= 11 is 0. The molecular formula is C16H37NO7S. The van der Waals surface area contributed by atoms with E-state index in [1.807, 2.05) is 0 Å². The van der Waals surface area contributed by atoms with Crippen molar-refractivity contribution in [3.8, 4) is 0 Å². The first-order chi connectivity index (χ1) is 11.5. The Labute approximate surface area is 152 Å². The van der Waals surface area contributed by atoms with Crippen LogP contribution in [0.25, 0.3) is 0 Å². The lowest BCUT2D eigenvalue weighted by Crippen LogP contribution is -2.47. The van der Waals surface area contributed by atoms with Crippen molar-refractivity contribution >= 4 is 10.4 Å². The van der Waals surface area contributed by atoms with Crippen molar-refractivity contribution in [1.29, 1.82) is 0 Å². The highest BCUT2D eigenvalue weighted by Gasteiger charge is 2.26. The molecule has 0 aliphatic carbocycles. The van der Waals surface area contributed by atoms with E-state index in [1.165, 1.54) is 44.9 Å². The van der Waals surface area contributed by atoms with Crippen LogP contribution in [0.2, 0.25) is 0 Å². The van der Waals surface area contributed by atoms with Crippen LogP contribution in [0.3, 0.4) is 0 Å². The summed E-state index contributed by atoms with van der Waals surface area (Å²) in [5, 5.41) is 24.8. The minimum absolute atomic E-state index is 0.0926. The van der Waals surface area contributed by atoms with Crippen molar-refractivity contribution in [2.24, 2.45) is 5.73 Å². The molecule has 8 nitrogen and oxygen atoms in total. The fourth-order valence-electron chi connectivity index (χ4n) is 2.03. The first-order valence-electron chi connectivity index (χ1n) is 9.09. The summed E-state index contributed by atoms with van der Waals surface area (Å²) in [6.45, 7) is 3.95. The van der Waals surface area contributed by atoms with Gasteiger partial charge in [0.2, 0.25) is 0 Å². The molecule has 6 N–H and O–H groups in total. The van der Waals surface area contributed by atoms with E-state index >= 15 is 0 Å². The minimum Gasteiger partial charge on any atom is -0.342 e. The third kappa shape index (κ3) is 23.7. The Bertz CT molecular complexity index is 382. The van der Waals surface area contributed by atoms with Crippen molar-refractivity contribution < 1.29 is 32.5 Å². The SMILES string of the molecule is CCC(N)C(O)(O)O.CCCCCCCCCCCCOS(=O)(=O)O. The summed E-state index contributed by atoms with van der Waals surface area (Å²) in [4.78, 5) is 0. The van der Waals surface area contributed by atoms with Gasteiger partial charge in [0.1, 0.15) is 0 Å². The number of hydrogen-bond donors (Lipinski definition) is 5. The molecule has 0 rings (SSSR count). The van der Waals surface area contributed by atoms with Gasteiger partial charge in [-0.05, 0) is 12.8 Å². The van der Waals surface area contributed by atoms with Crippen LogP contribution in [0.1, 0.15) is 84.5 Å². The zero-order valence-corrected chi connectivity index (χ0v) is 16.4. The van der Waals surface area contributed by atoms with E-state index in [9.17, 15) is 8.42 Å². The fourth-order valence-corrected chi connectivity index (χ4v) is 2.36.